The summed E-state index contributed by atoms with van der Waals surface area (Å²) in [4.78, 5) is 6.56. The summed E-state index contributed by atoms with van der Waals surface area (Å²) in [6.45, 7) is 0.665. The van der Waals surface area contributed by atoms with Crippen LogP contribution in [0, 0.1) is 0 Å². The van der Waals surface area contributed by atoms with Crippen molar-refractivity contribution >= 4 is 5.69 Å². The Hall–Kier alpha value is -1.87. The second kappa shape index (κ2) is 5.65. The van der Waals surface area contributed by atoms with Gasteiger partial charge in [-0.25, -0.2) is 0 Å². The molecule has 94 valence electrons. The van der Waals surface area contributed by atoms with E-state index in [1.807, 2.05) is 20.3 Å². The van der Waals surface area contributed by atoms with Gasteiger partial charge in [-0.3, -0.25) is 4.98 Å². The zero-order valence-electron chi connectivity index (χ0n) is 10.9. The van der Waals surface area contributed by atoms with E-state index in [-0.39, 0.29) is 0 Å². The van der Waals surface area contributed by atoms with Gasteiger partial charge < -0.3 is 10.6 Å². The predicted octanol–water partition coefficient (Wildman–Crippen LogP) is 2.32. The Morgan fingerprint density at radius 2 is 1.78 bits per heavy atom. The Labute approximate surface area is 108 Å². The Bertz CT molecular complexity index is 486. The highest BCUT2D eigenvalue weighted by molar-refractivity contribution is 5.62. The number of hydrogen-bond donors (Lipinski definition) is 1. The van der Waals surface area contributed by atoms with Crippen molar-refractivity contribution in [2.45, 2.75) is 6.42 Å². The van der Waals surface area contributed by atoms with Crippen LogP contribution in [0.1, 0.15) is 5.56 Å². The van der Waals surface area contributed by atoms with Crippen LogP contribution in [0.2, 0.25) is 0 Å². The number of nitrogens with two attached hydrogens (primary N) is 1. The number of rotatable bonds is 4. The molecule has 0 aliphatic heterocycles. The van der Waals surface area contributed by atoms with E-state index >= 15 is 0 Å². The zero-order chi connectivity index (χ0) is 13.0. The molecule has 1 heterocycles. The van der Waals surface area contributed by atoms with Crippen LogP contribution in [0.25, 0.3) is 11.3 Å². The lowest BCUT2D eigenvalue weighted by Crippen LogP contribution is -2.07. The third-order valence-electron chi connectivity index (χ3n) is 2.94. The monoisotopic (exact) mass is 241 g/mol. The molecule has 1 aromatic carbocycles. The molecular formula is C15H19N3. The summed E-state index contributed by atoms with van der Waals surface area (Å²) in [5, 5.41) is 0. The van der Waals surface area contributed by atoms with Crippen molar-refractivity contribution in [1.29, 1.82) is 0 Å². The average molecular weight is 241 g/mol. The highest BCUT2D eigenvalue weighted by Crippen LogP contribution is 2.20. The molecule has 0 atom stereocenters. The molecule has 1 aromatic heterocycles. The lowest BCUT2D eigenvalue weighted by molar-refractivity contribution is 0.959. The quantitative estimate of drug-likeness (QED) is 0.893. The number of hydrogen-bond acceptors (Lipinski definition) is 3. The van der Waals surface area contributed by atoms with Gasteiger partial charge >= 0.3 is 0 Å². The Morgan fingerprint density at radius 3 is 2.28 bits per heavy atom. The maximum absolute atomic E-state index is 5.52. The first-order chi connectivity index (χ1) is 8.70. The number of nitrogens with zero attached hydrogens (tertiary/aromatic N) is 2. The lowest BCUT2D eigenvalue weighted by atomic mass is 10.1. The summed E-state index contributed by atoms with van der Waals surface area (Å²) >= 11 is 0. The third-order valence-corrected chi connectivity index (χ3v) is 2.94. The van der Waals surface area contributed by atoms with Gasteiger partial charge in [0.25, 0.3) is 0 Å². The molecular weight excluding hydrogens is 222 g/mol. The fourth-order valence-corrected chi connectivity index (χ4v) is 1.84. The SMILES string of the molecule is CN(C)c1ccc(-c2ccc(CCN)cn2)cc1. The van der Waals surface area contributed by atoms with Crippen molar-refractivity contribution in [2.24, 2.45) is 5.73 Å². The summed E-state index contributed by atoms with van der Waals surface area (Å²) in [5.41, 5.74) is 10.0. The molecule has 0 bridgehead atoms. The van der Waals surface area contributed by atoms with Crippen LogP contribution in [0.5, 0.6) is 0 Å². The second-order valence-corrected chi connectivity index (χ2v) is 4.53. The number of anilines is 1. The molecule has 0 amide bonds. The van der Waals surface area contributed by atoms with Crippen LogP contribution >= 0.6 is 0 Å². The van der Waals surface area contributed by atoms with Crippen LogP contribution in [-0.2, 0) is 6.42 Å². The van der Waals surface area contributed by atoms with Crippen molar-refractivity contribution in [3.8, 4) is 11.3 Å². The standard InChI is InChI=1S/C15H19N3/c1-18(2)14-6-4-13(5-7-14)15-8-3-12(9-10-16)11-17-15/h3-8,11H,9-10,16H2,1-2H3. The maximum Gasteiger partial charge on any atom is 0.0702 e. The van der Waals surface area contributed by atoms with E-state index in [1.165, 1.54) is 11.3 Å². The highest BCUT2D eigenvalue weighted by atomic mass is 15.1. The molecule has 0 spiro atoms. The van der Waals surface area contributed by atoms with Gasteiger partial charge in [-0.15, -0.1) is 0 Å². The minimum atomic E-state index is 0.665. The summed E-state index contributed by atoms with van der Waals surface area (Å²) in [6, 6.07) is 12.5. The van der Waals surface area contributed by atoms with Crippen molar-refractivity contribution in [3.05, 3.63) is 48.2 Å². The van der Waals surface area contributed by atoms with Gasteiger partial charge in [-0.2, -0.15) is 0 Å². The molecule has 2 N–H and O–H groups in total. The van der Waals surface area contributed by atoms with Crippen LogP contribution in [0.4, 0.5) is 5.69 Å². The molecule has 3 heteroatoms. The molecule has 2 rings (SSSR count). The van der Waals surface area contributed by atoms with Crippen molar-refractivity contribution in [3.63, 3.8) is 0 Å². The van der Waals surface area contributed by atoms with Crippen molar-refractivity contribution in [2.75, 3.05) is 25.5 Å². The van der Waals surface area contributed by atoms with E-state index < -0.39 is 0 Å². The van der Waals surface area contributed by atoms with E-state index in [0.717, 1.165) is 17.7 Å². The summed E-state index contributed by atoms with van der Waals surface area (Å²) in [5.74, 6) is 0. The number of aromatic nitrogens is 1. The van der Waals surface area contributed by atoms with Gasteiger partial charge in [0.1, 0.15) is 0 Å². The summed E-state index contributed by atoms with van der Waals surface area (Å²) in [7, 11) is 4.07. The zero-order valence-corrected chi connectivity index (χ0v) is 10.9. The molecule has 0 aliphatic rings. The molecule has 0 radical (unpaired) electrons. The third kappa shape index (κ3) is 2.87. The van der Waals surface area contributed by atoms with Gasteiger partial charge in [0.15, 0.2) is 0 Å². The predicted molar refractivity (Wildman–Crippen MR) is 76.8 cm³/mol. The topological polar surface area (TPSA) is 42.1 Å². The van der Waals surface area contributed by atoms with Gasteiger partial charge in [0, 0.05) is 31.5 Å². The summed E-state index contributed by atoms with van der Waals surface area (Å²) < 4.78 is 0. The maximum atomic E-state index is 5.52. The molecule has 0 fully saturated rings. The van der Waals surface area contributed by atoms with Crippen LogP contribution < -0.4 is 10.6 Å². The first-order valence-electron chi connectivity index (χ1n) is 6.13. The Kier molecular flexibility index (Phi) is 3.95. The van der Waals surface area contributed by atoms with Crippen LogP contribution in [0.3, 0.4) is 0 Å². The number of benzene rings is 1. The van der Waals surface area contributed by atoms with Gasteiger partial charge in [0.2, 0.25) is 0 Å². The van der Waals surface area contributed by atoms with E-state index in [4.69, 9.17) is 5.73 Å². The first-order valence-corrected chi connectivity index (χ1v) is 6.13. The average Bonchev–Trinajstić information content (AvgIpc) is 2.40. The van der Waals surface area contributed by atoms with E-state index in [9.17, 15) is 0 Å². The van der Waals surface area contributed by atoms with Gasteiger partial charge in [0.05, 0.1) is 5.69 Å². The molecule has 0 saturated heterocycles. The smallest absolute Gasteiger partial charge is 0.0702 e. The molecule has 2 aromatic rings. The van der Waals surface area contributed by atoms with Gasteiger partial charge in [-0.05, 0) is 36.7 Å². The minimum Gasteiger partial charge on any atom is -0.378 e. The highest BCUT2D eigenvalue weighted by Gasteiger charge is 2.01. The fraction of sp³-hybridized carbons (Fsp3) is 0.267. The summed E-state index contributed by atoms with van der Waals surface area (Å²) in [6.07, 6.45) is 2.79. The molecule has 0 unspecified atom stereocenters. The van der Waals surface area contributed by atoms with E-state index in [0.29, 0.717) is 6.54 Å². The molecule has 3 nitrogen and oxygen atoms in total. The fourth-order valence-electron chi connectivity index (χ4n) is 1.84. The minimum absolute atomic E-state index is 0.665. The van der Waals surface area contributed by atoms with Crippen molar-refractivity contribution < 1.29 is 0 Å². The first kappa shape index (κ1) is 12.6. The second-order valence-electron chi connectivity index (χ2n) is 4.53. The normalized spacial score (nSPS) is 10.4. The Balaban J connectivity index is 2.20. The molecule has 18 heavy (non-hydrogen) atoms. The Morgan fingerprint density at radius 1 is 1.06 bits per heavy atom. The largest absolute Gasteiger partial charge is 0.378 e. The van der Waals surface area contributed by atoms with Crippen molar-refractivity contribution in [1.82, 2.24) is 4.98 Å². The molecule has 0 saturated carbocycles. The van der Waals surface area contributed by atoms with E-state index in [2.05, 4.69) is 46.3 Å². The van der Waals surface area contributed by atoms with E-state index in [1.54, 1.807) is 0 Å². The lowest BCUT2D eigenvalue weighted by Gasteiger charge is -2.12. The number of pyridine rings is 1. The van der Waals surface area contributed by atoms with Crippen LogP contribution in [-0.4, -0.2) is 25.6 Å². The molecule has 0 aliphatic carbocycles. The van der Waals surface area contributed by atoms with Gasteiger partial charge in [-0.1, -0.05) is 18.2 Å². The van der Waals surface area contributed by atoms with Crippen LogP contribution in [0.15, 0.2) is 42.6 Å².